The first-order valence-corrected chi connectivity index (χ1v) is 10.3. The maximum Gasteiger partial charge on any atom is 0.177 e. The second-order valence-electron chi connectivity index (χ2n) is 7.27. The van der Waals surface area contributed by atoms with E-state index in [1.54, 1.807) is 7.11 Å². The van der Waals surface area contributed by atoms with Gasteiger partial charge >= 0.3 is 0 Å². The van der Waals surface area contributed by atoms with Crippen LogP contribution in [0.5, 0.6) is 5.75 Å². The van der Waals surface area contributed by atoms with Gasteiger partial charge in [-0.3, -0.25) is 4.79 Å². The summed E-state index contributed by atoms with van der Waals surface area (Å²) in [5.74, 6) is 1.30. The molecule has 0 saturated carbocycles. The van der Waals surface area contributed by atoms with Crippen LogP contribution in [0.3, 0.4) is 0 Å². The average Bonchev–Trinajstić information content (AvgIpc) is 3.20. The summed E-state index contributed by atoms with van der Waals surface area (Å²) in [4.78, 5) is 13.4. The van der Waals surface area contributed by atoms with Crippen molar-refractivity contribution in [2.45, 2.75) is 26.2 Å². The summed E-state index contributed by atoms with van der Waals surface area (Å²) in [6, 6.07) is 12.4. The summed E-state index contributed by atoms with van der Waals surface area (Å²) in [5, 5.41) is 5.53. The summed E-state index contributed by atoms with van der Waals surface area (Å²) in [6.07, 6.45) is 0.431. The number of carbonyl (C=O) groups excluding carboxylic acids is 1. The number of benzene rings is 2. The topological polar surface area (TPSA) is 64.3 Å². The Labute approximate surface area is 169 Å². The van der Waals surface area contributed by atoms with Gasteiger partial charge < -0.3 is 15.8 Å². The van der Waals surface area contributed by atoms with E-state index in [-0.39, 0.29) is 5.78 Å². The van der Waals surface area contributed by atoms with Gasteiger partial charge in [0.1, 0.15) is 5.75 Å². The molecule has 1 aliphatic rings. The highest BCUT2D eigenvalue weighted by molar-refractivity contribution is 7.12. The smallest absolute Gasteiger partial charge is 0.177 e. The first kappa shape index (κ1) is 18.7. The maximum absolute atomic E-state index is 12.6. The molecular weight excluding hydrogens is 368 g/mol. The minimum atomic E-state index is 0.192. The van der Waals surface area contributed by atoms with Crippen molar-refractivity contribution >= 4 is 28.5 Å². The molecule has 1 aromatic heterocycles. The van der Waals surface area contributed by atoms with Gasteiger partial charge in [-0.1, -0.05) is 19.1 Å². The molecule has 0 fully saturated rings. The van der Waals surface area contributed by atoms with E-state index in [4.69, 9.17) is 10.5 Å². The number of methoxy groups -OCH3 is 1. The van der Waals surface area contributed by atoms with E-state index in [1.807, 2.05) is 24.4 Å². The second-order valence-corrected chi connectivity index (χ2v) is 8.19. The number of aryl methyl sites for hydroxylation is 1. The predicted octanol–water partition coefficient (Wildman–Crippen LogP) is 5.28. The zero-order valence-electron chi connectivity index (χ0n) is 16.3. The van der Waals surface area contributed by atoms with Gasteiger partial charge in [-0.2, -0.15) is 0 Å². The number of hydrogen-bond donors (Lipinski definition) is 2. The second kappa shape index (κ2) is 7.41. The van der Waals surface area contributed by atoms with Gasteiger partial charge in [-0.15, -0.1) is 11.3 Å². The lowest BCUT2D eigenvalue weighted by molar-refractivity contribution is 0.0995. The van der Waals surface area contributed by atoms with Crippen LogP contribution < -0.4 is 15.8 Å². The highest BCUT2D eigenvalue weighted by Crippen LogP contribution is 2.47. The van der Waals surface area contributed by atoms with Crippen LogP contribution in [-0.2, 0) is 6.42 Å². The summed E-state index contributed by atoms with van der Waals surface area (Å²) in [5.41, 5.74) is 13.1. The van der Waals surface area contributed by atoms with Crippen LogP contribution in [0.4, 0.5) is 11.4 Å². The molecule has 0 saturated heterocycles. The molecule has 3 N–H and O–H groups in total. The zero-order chi connectivity index (χ0) is 19.8. The Hall–Kier alpha value is -2.63. The fourth-order valence-electron chi connectivity index (χ4n) is 3.78. The number of thiophene rings is 1. The van der Waals surface area contributed by atoms with Crippen molar-refractivity contribution in [1.29, 1.82) is 0 Å². The van der Waals surface area contributed by atoms with E-state index in [0.29, 0.717) is 18.9 Å². The van der Waals surface area contributed by atoms with E-state index >= 15 is 0 Å². The van der Waals surface area contributed by atoms with Crippen LogP contribution in [0, 0.1) is 6.92 Å². The third-order valence-electron chi connectivity index (χ3n) is 5.47. The summed E-state index contributed by atoms with van der Waals surface area (Å²) >= 11 is 1.51. The van der Waals surface area contributed by atoms with E-state index in [1.165, 1.54) is 16.9 Å². The summed E-state index contributed by atoms with van der Waals surface area (Å²) < 4.78 is 5.70. The number of rotatable bonds is 5. The van der Waals surface area contributed by atoms with Crippen molar-refractivity contribution in [2.24, 2.45) is 5.73 Å². The van der Waals surface area contributed by atoms with Gasteiger partial charge in [0.15, 0.2) is 5.78 Å². The van der Waals surface area contributed by atoms with Crippen molar-refractivity contribution in [1.82, 2.24) is 0 Å². The number of nitrogens with one attached hydrogen (secondary N) is 1. The number of carbonyl (C=O) groups is 1. The number of Topliss-reactive ketones (excluding diaryl/α,β-unsaturated/α-hetero) is 1. The lowest BCUT2D eigenvalue weighted by Crippen LogP contribution is -2.13. The monoisotopic (exact) mass is 392 g/mol. The third kappa shape index (κ3) is 3.11. The van der Waals surface area contributed by atoms with Gasteiger partial charge in [0, 0.05) is 23.2 Å². The van der Waals surface area contributed by atoms with E-state index in [2.05, 4.69) is 36.5 Å². The molecule has 2 aromatic carbocycles. The zero-order valence-corrected chi connectivity index (χ0v) is 17.2. The molecule has 4 nitrogen and oxygen atoms in total. The number of anilines is 2. The van der Waals surface area contributed by atoms with Gasteiger partial charge in [0.2, 0.25) is 0 Å². The van der Waals surface area contributed by atoms with Gasteiger partial charge in [0.25, 0.3) is 0 Å². The minimum Gasteiger partial charge on any atom is -0.495 e. The lowest BCUT2D eigenvalue weighted by Gasteiger charge is -2.24. The molecule has 1 atom stereocenters. The Morgan fingerprint density at radius 2 is 2.00 bits per heavy atom. The molecule has 144 valence electrons. The molecule has 1 unspecified atom stereocenters. The number of fused-ring (bicyclic) bond motifs is 3. The molecule has 28 heavy (non-hydrogen) atoms. The van der Waals surface area contributed by atoms with Crippen molar-refractivity contribution < 1.29 is 9.53 Å². The van der Waals surface area contributed by atoms with Crippen LogP contribution >= 0.6 is 11.3 Å². The van der Waals surface area contributed by atoms with Crippen LogP contribution in [0.15, 0.2) is 41.8 Å². The maximum atomic E-state index is 12.6. The average molecular weight is 393 g/mol. The fraction of sp³-hybridized carbons (Fsp3) is 0.261. The van der Waals surface area contributed by atoms with E-state index < -0.39 is 0 Å². The molecule has 1 heterocycles. The summed E-state index contributed by atoms with van der Waals surface area (Å²) in [7, 11) is 1.68. The summed E-state index contributed by atoms with van der Waals surface area (Å²) in [6.45, 7) is 4.79. The molecule has 0 aliphatic heterocycles. The van der Waals surface area contributed by atoms with Gasteiger partial charge in [-0.05, 0) is 65.7 Å². The van der Waals surface area contributed by atoms with E-state index in [9.17, 15) is 4.79 Å². The van der Waals surface area contributed by atoms with Crippen molar-refractivity contribution in [2.75, 3.05) is 19.0 Å². The van der Waals surface area contributed by atoms with Gasteiger partial charge in [-0.25, -0.2) is 0 Å². The molecule has 0 radical (unpaired) electrons. The van der Waals surface area contributed by atoms with Gasteiger partial charge in [0.05, 0.1) is 17.7 Å². The Balaban J connectivity index is 1.82. The fourth-order valence-corrected chi connectivity index (χ4v) is 4.62. The van der Waals surface area contributed by atoms with Crippen LogP contribution in [0.2, 0.25) is 0 Å². The largest absolute Gasteiger partial charge is 0.495 e. The normalized spacial score (nSPS) is 13.6. The molecule has 0 amide bonds. The Kier molecular flexibility index (Phi) is 4.96. The standard InChI is InChI=1S/C23H24N2O2S/c1-13-10-20(27-3)22(25-16-6-4-15(5-7-16)14(2)12-24)21-17-8-9-28-23(17)19(26)11-18(13)21/h4-10,14,25H,11-12,24H2,1-3H3. The minimum absolute atomic E-state index is 0.192. The van der Waals surface area contributed by atoms with Crippen LogP contribution in [0.25, 0.3) is 11.1 Å². The Morgan fingerprint density at radius 3 is 2.68 bits per heavy atom. The van der Waals surface area contributed by atoms with Crippen molar-refractivity contribution in [3.05, 3.63) is 63.3 Å². The van der Waals surface area contributed by atoms with Crippen LogP contribution in [0.1, 0.15) is 39.2 Å². The molecule has 0 spiro atoms. The number of ketones is 1. The highest BCUT2D eigenvalue weighted by Gasteiger charge is 2.29. The number of ether oxygens (including phenoxy) is 1. The Bertz CT molecular complexity index is 1040. The molecule has 1 aliphatic carbocycles. The molecule has 0 bridgehead atoms. The number of hydrogen-bond acceptors (Lipinski definition) is 5. The van der Waals surface area contributed by atoms with Crippen molar-refractivity contribution in [3.63, 3.8) is 0 Å². The highest BCUT2D eigenvalue weighted by atomic mass is 32.1. The SMILES string of the molecule is COc1cc(C)c2c(c1Nc1ccc(C(C)CN)cc1)-c1ccsc1C(=O)C2. The molecule has 3 aromatic rings. The quantitative estimate of drug-likeness (QED) is 0.620. The molecular formula is C23H24N2O2S. The number of nitrogens with two attached hydrogens (primary N) is 1. The van der Waals surface area contributed by atoms with E-state index in [0.717, 1.165) is 44.3 Å². The lowest BCUT2D eigenvalue weighted by atomic mass is 9.85. The van der Waals surface area contributed by atoms with Crippen LogP contribution in [-0.4, -0.2) is 19.4 Å². The first-order valence-electron chi connectivity index (χ1n) is 9.42. The third-order valence-corrected chi connectivity index (χ3v) is 6.42. The van der Waals surface area contributed by atoms with Crippen molar-refractivity contribution in [3.8, 4) is 16.9 Å². The molecule has 5 heteroatoms. The predicted molar refractivity (Wildman–Crippen MR) is 116 cm³/mol. The Morgan fingerprint density at radius 1 is 1.25 bits per heavy atom. The molecule has 4 rings (SSSR count). The first-order chi connectivity index (χ1) is 13.5.